The van der Waals surface area contributed by atoms with Crippen LogP contribution in [0.1, 0.15) is 24.6 Å². The normalized spacial score (nSPS) is 20.8. The molecule has 2 atom stereocenters. The Labute approximate surface area is 118 Å². The number of rotatable bonds is 4. The minimum absolute atomic E-state index is 0.0419. The third kappa shape index (κ3) is 2.75. The topological polar surface area (TPSA) is 65.1 Å². The predicted molar refractivity (Wildman–Crippen MR) is 77.2 cm³/mol. The number of hydrogen-bond donors (Lipinski definition) is 2. The molecule has 1 aliphatic heterocycles. The van der Waals surface area contributed by atoms with Crippen LogP contribution in [0.5, 0.6) is 0 Å². The molecule has 2 unspecified atom stereocenters. The zero-order valence-electron chi connectivity index (χ0n) is 11.4. The van der Waals surface area contributed by atoms with Crippen LogP contribution in [-0.2, 0) is 4.74 Å². The van der Waals surface area contributed by atoms with Gasteiger partial charge in [-0.3, -0.25) is 11.3 Å². The van der Waals surface area contributed by atoms with Gasteiger partial charge >= 0.3 is 0 Å². The average molecular weight is 272 g/mol. The lowest BCUT2D eigenvalue weighted by Crippen LogP contribution is -2.37. The summed E-state index contributed by atoms with van der Waals surface area (Å²) in [5.41, 5.74) is 4.91. The number of nitrogens with zero attached hydrogens (tertiary/aromatic N) is 2. The Morgan fingerprint density at radius 3 is 2.85 bits per heavy atom. The van der Waals surface area contributed by atoms with Gasteiger partial charge in [-0.15, -0.1) is 0 Å². The Balaban J connectivity index is 1.80. The number of para-hydroxylation sites is 1. The second kappa shape index (κ2) is 6.17. The first-order valence-corrected chi connectivity index (χ1v) is 7.03. The molecule has 0 amide bonds. The van der Waals surface area contributed by atoms with Crippen LogP contribution in [0.3, 0.4) is 0 Å². The van der Waals surface area contributed by atoms with Crippen LogP contribution in [0.2, 0.25) is 0 Å². The first-order valence-electron chi connectivity index (χ1n) is 7.03. The summed E-state index contributed by atoms with van der Waals surface area (Å²) in [5, 5.41) is 4.65. The van der Waals surface area contributed by atoms with Crippen molar-refractivity contribution in [1.29, 1.82) is 0 Å². The largest absolute Gasteiger partial charge is 0.381 e. The molecule has 5 nitrogen and oxygen atoms in total. The van der Waals surface area contributed by atoms with E-state index in [9.17, 15) is 0 Å². The lowest BCUT2D eigenvalue weighted by molar-refractivity contribution is 0.0383. The maximum atomic E-state index is 5.73. The minimum atomic E-state index is 0.0419. The van der Waals surface area contributed by atoms with E-state index in [2.05, 4.69) is 10.5 Å². The van der Waals surface area contributed by atoms with Gasteiger partial charge in [0.15, 0.2) is 0 Å². The molecule has 5 heteroatoms. The van der Waals surface area contributed by atoms with E-state index in [1.165, 1.54) is 0 Å². The second-order valence-corrected chi connectivity index (χ2v) is 5.14. The molecule has 0 aliphatic carbocycles. The predicted octanol–water partition coefficient (Wildman–Crippen LogP) is 1.80. The van der Waals surface area contributed by atoms with Crippen LogP contribution < -0.4 is 11.3 Å². The van der Waals surface area contributed by atoms with Crippen molar-refractivity contribution in [2.75, 3.05) is 13.2 Å². The number of nitrogens with one attached hydrogen (secondary N) is 1. The number of hydrogen-bond acceptors (Lipinski definition) is 4. The molecule has 1 fully saturated rings. The van der Waals surface area contributed by atoms with Crippen molar-refractivity contribution in [3.63, 3.8) is 0 Å². The van der Waals surface area contributed by atoms with E-state index in [1.807, 2.05) is 47.3 Å². The maximum Gasteiger partial charge on any atom is 0.0815 e. The fourth-order valence-corrected chi connectivity index (χ4v) is 2.72. The molecule has 0 radical (unpaired) electrons. The van der Waals surface area contributed by atoms with Gasteiger partial charge in [0, 0.05) is 18.7 Å². The Bertz CT molecular complexity index is 534. The van der Waals surface area contributed by atoms with Gasteiger partial charge in [-0.25, -0.2) is 4.68 Å². The summed E-state index contributed by atoms with van der Waals surface area (Å²) in [6.45, 7) is 1.60. The molecule has 0 bridgehead atoms. The molecule has 3 rings (SSSR count). The van der Waals surface area contributed by atoms with Crippen molar-refractivity contribution >= 4 is 0 Å². The van der Waals surface area contributed by atoms with Crippen molar-refractivity contribution in [2.45, 2.75) is 18.9 Å². The quantitative estimate of drug-likeness (QED) is 0.658. The molecular formula is C15H20N4O. The van der Waals surface area contributed by atoms with Gasteiger partial charge in [-0.2, -0.15) is 5.10 Å². The standard InChI is InChI=1S/C15H20N4O/c16-17-15(12-5-4-10-20-11-12)14-8-9-19(18-14)13-6-2-1-3-7-13/h1-3,6-9,12,15,17H,4-5,10-11,16H2. The van der Waals surface area contributed by atoms with Crippen LogP contribution in [0, 0.1) is 5.92 Å². The summed E-state index contributed by atoms with van der Waals surface area (Å²) in [7, 11) is 0. The second-order valence-electron chi connectivity index (χ2n) is 5.14. The third-order valence-corrected chi connectivity index (χ3v) is 3.80. The van der Waals surface area contributed by atoms with E-state index < -0.39 is 0 Å². The van der Waals surface area contributed by atoms with Crippen LogP contribution in [0.25, 0.3) is 5.69 Å². The summed E-state index contributed by atoms with van der Waals surface area (Å²) in [5.74, 6) is 6.11. The molecule has 1 aliphatic rings. The number of aromatic nitrogens is 2. The maximum absolute atomic E-state index is 5.73. The highest BCUT2D eigenvalue weighted by molar-refractivity contribution is 5.30. The van der Waals surface area contributed by atoms with Crippen molar-refractivity contribution in [3.05, 3.63) is 48.3 Å². The van der Waals surface area contributed by atoms with Crippen LogP contribution >= 0.6 is 0 Å². The highest BCUT2D eigenvalue weighted by Crippen LogP contribution is 2.27. The monoisotopic (exact) mass is 272 g/mol. The minimum Gasteiger partial charge on any atom is -0.381 e. The molecule has 106 valence electrons. The van der Waals surface area contributed by atoms with E-state index in [1.54, 1.807) is 0 Å². The first-order chi connectivity index (χ1) is 9.88. The zero-order valence-corrected chi connectivity index (χ0v) is 11.4. The first kappa shape index (κ1) is 13.3. The van der Waals surface area contributed by atoms with Gasteiger partial charge in [0.1, 0.15) is 0 Å². The lowest BCUT2D eigenvalue weighted by Gasteiger charge is -2.28. The van der Waals surface area contributed by atoms with Crippen LogP contribution in [-0.4, -0.2) is 23.0 Å². The highest BCUT2D eigenvalue weighted by Gasteiger charge is 2.26. The van der Waals surface area contributed by atoms with Crippen molar-refractivity contribution < 1.29 is 4.74 Å². The van der Waals surface area contributed by atoms with Crippen LogP contribution in [0.15, 0.2) is 42.6 Å². The summed E-state index contributed by atoms with van der Waals surface area (Å²) < 4.78 is 7.43. The van der Waals surface area contributed by atoms with Gasteiger partial charge in [0.2, 0.25) is 0 Å². The highest BCUT2D eigenvalue weighted by atomic mass is 16.5. The van der Waals surface area contributed by atoms with Crippen LogP contribution in [0.4, 0.5) is 0 Å². The summed E-state index contributed by atoms with van der Waals surface area (Å²) in [6.07, 6.45) is 4.17. The van der Waals surface area contributed by atoms with Crippen molar-refractivity contribution in [3.8, 4) is 5.69 Å². The van der Waals surface area contributed by atoms with Crippen molar-refractivity contribution in [2.24, 2.45) is 11.8 Å². The summed E-state index contributed by atoms with van der Waals surface area (Å²) in [4.78, 5) is 0. The molecular weight excluding hydrogens is 252 g/mol. The van der Waals surface area contributed by atoms with E-state index in [0.29, 0.717) is 5.92 Å². The molecule has 1 saturated heterocycles. The van der Waals surface area contributed by atoms with Gasteiger partial charge < -0.3 is 4.74 Å². The molecule has 0 saturated carbocycles. The SMILES string of the molecule is NNC(c1ccn(-c2ccccc2)n1)C1CCCOC1. The summed E-state index contributed by atoms with van der Waals surface area (Å²) in [6, 6.07) is 12.1. The average Bonchev–Trinajstić information content (AvgIpc) is 3.00. The van der Waals surface area contributed by atoms with Gasteiger partial charge in [0.25, 0.3) is 0 Å². The molecule has 0 spiro atoms. The van der Waals surface area contributed by atoms with E-state index >= 15 is 0 Å². The Morgan fingerprint density at radius 1 is 1.30 bits per heavy atom. The number of hydrazine groups is 1. The van der Waals surface area contributed by atoms with Gasteiger partial charge in [0.05, 0.1) is 24.0 Å². The zero-order chi connectivity index (χ0) is 13.8. The van der Waals surface area contributed by atoms with Gasteiger partial charge in [-0.05, 0) is 31.0 Å². The molecule has 1 aromatic heterocycles. The molecule has 2 heterocycles. The fraction of sp³-hybridized carbons (Fsp3) is 0.400. The van der Waals surface area contributed by atoms with E-state index in [4.69, 9.17) is 10.6 Å². The van der Waals surface area contributed by atoms with Crippen molar-refractivity contribution in [1.82, 2.24) is 15.2 Å². The molecule has 20 heavy (non-hydrogen) atoms. The Hall–Kier alpha value is -1.69. The fourth-order valence-electron chi connectivity index (χ4n) is 2.72. The molecule has 3 N–H and O–H groups in total. The van der Waals surface area contributed by atoms with E-state index in [0.717, 1.165) is 37.4 Å². The smallest absolute Gasteiger partial charge is 0.0815 e. The lowest BCUT2D eigenvalue weighted by atomic mass is 9.92. The number of ether oxygens (including phenoxy) is 1. The van der Waals surface area contributed by atoms with E-state index in [-0.39, 0.29) is 6.04 Å². The Kier molecular flexibility index (Phi) is 4.11. The molecule has 1 aromatic carbocycles. The third-order valence-electron chi connectivity index (χ3n) is 3.80. The summed E-state index contributed by atoms with van der Waals surface area (Å²) >= 11 is 0. The number of benzene rings is 1. The molecule has 2 aromatic rings. The van der Waals surface area contributed by atoms with Gasteiger partial charge in [-0.1, -0.05) is 18.2 Å². The Morgan fingerprint density at radius 2 is 2.15 bits per heavy atom. The number of nitrogens with two attached hydrogens (primary N) is 1.